The van der Waals surface area contributed by atoms with Crippen LogP contribution in [0.15, 0.2) is 30.3 Å². The van der Waals surface area contributed by atoms with Gasteiger partial charge in [-0.15, -0.1) is 0 Å². The third kappa shape index (κ3) is 5.14. The van der Waals surface area contributed by atoms with E-state index in [0.717, 1.165) is 25.0 Å². The molecule has 2 N–H and O–H groups in total. The highest BCUT2D eigenvalue weighted by atomic mass is 35.5. The standard InChI is InChI=1S/C18H21ClN4O2/c1-12-22-16(18(24)21-11-15-3-2-8-25-15)9-17(23-12)20-10-13-4-6-14(19)7-5-13/h4-7,9,15H,2-3,8,10-11H2,1H3,(H,21,24)(H,20,22,23). The Kier molecular flexibility index (Phi) is 5.83. The first-order valence-electron chi connectivity index (χ1n) is 8.34. The number of carbonyl (C=O) groups excluding carboxylic acids is 1. The molecule has 1 aromatic carbocycles. The number of halogens is 1. The monoisotopic (exact) mass is 360 g/mol. The summed E-state index contributed by atoms with van der Waals surface area (Å²) < 4.78 is 5.51. The average Bonchev–Trinajstić information content (AvgIpc) is 3.12. The first kappa shape index (κ1) is 17.6. The predicted octanol–water partition coefficient (Wildman–Crippen LogP) is 2.96. The number of carbonyl (C=O) groups is 1. The van der Waals surface area contributed by atoms with E-state index in [1.807, 2.05) is 24.3 Å². The van der Waals surface area contributed by atoms with Gasteiger partial charge in [0.25, 0.3) is 5.91 Å². The van der Waals surface area contributed by atoms with Crippen LogP contribution in [0.3, 0.4) is 0 Å². The van der Waals surface area contributed by atoms with Crippen molar-refractivity contribution in [2.24, 2.45) is 0 Å². The van der Waals surface area contributed by atoms with E-state index in [1.54, 1.807) is 13.0 Å². The number of hydrogen-bond donors (Lipinski definition) is 2. The number of nitrogens with one attached hydrogen (secondary N) is 2. The summed E-state index contributed by atoms with van der Waals surface area (Å²) in [5.41, 5.74) is 1.43. The largest absolute Gasteiger partial charge is 0.376 e. The minimum atomic E-state index is -0.212. The molecule has 1 unspecified atom stereocenters. The topological polar surface area (TPSA) is 76.1 Å². The summed E-state index contributed by atoms with van der Waals surface area (Å²) in [4.78, 5) is 20.9. The molecule has 1 amide bonds. The zero-order valence-corrected chi connectivity index (χ0v) is 14.8. The van der Waals surface area contributed by atoms with Crippen LogP contribution in [0.1, 0.15) is 34.7 Å². The van der Waals surface area contributed by atoms with Crippen molar-refractivity contribution in [2.45, 2.75) is 32.4 Å². The maximum Gasteiger partial charge on any atom is 0.270 e. The van der Waals surface area contributed by atoms with Crippen molar-refractivity contribution in [3.05, 3.63) is 52.4 Å². The van der Waals surface area contributed by atoms with Gasteiger partial charge in [0, 0.05) is 30.8 Å². The van der Waals surface area contributed by atoms with Crippen LogP contribution in [0, 0.1) is 6.92 Å². The van der Waals surface area contributed by atoms with Crippen LogP contribution >= 0.6 is 11.6 Å². The zero-order valence-electron chi connectivity index (χ0n) is 14.1. The van der Waals surface area contributed by atoms with Gasteiger partial charge < -0.3 is 15.4 Å². The van der Waals surface area contributed by atoms with Crippen LogP contribution in [0.4, 0.5) is 5.82 Å². The fraction of sp³-hybridized carbons (Fsp3) is 0.389. The Labute approximate surface area is 152 Å². The summed E-state index contributed by atoms with van der Waals surface area (Å²) in [6.07, 6.45) is 2.14. The second-order valence-corrected chi connectivity index (χ2v) is 6.45. The molecule has 1 aliphatic rings. The summed E-state index contributed by atoms with van der Waals surface area (Å²) in [6, 6.07) is 9.23. The van der Waals surface area contributed by atoms with Crippen molar-refractivity contribution in [1.29, 1.82) is 0 Å². The lowest BCUT2D eigenvalue weighted by atomic mass is 10.2. The van der Waals surface area contributed by atoms with Crippen LogP contribution < -0.4 is 10.6 Å². The fourth-order valence-corrected chi connectivity index (χ4v) is 2.80. The van der Waals surface area contributed by atoms with Crippen molar-refractivity contribution < 1.29 is 9.53 Å². The third-order valence-electron chi connectivity index (χ3n) is 3.97. The molecule has 0 spiro atoms. The maximum absolute atomic E-state index is 12.3. The quantitative estimate of drug-likeness (QED) is 0.828. The number of amides is 1. The van der Waals surface area contributed by atoms with E-state index >= 15 is 0 Å². The van der Waals surface area contributed by atoms with E-state index in [1.165, 1.54) is 0 Å². The zero-order chi connectivity index (χ0) is 17.6. The van der Waals surface area contributed by atoms with Crippen molar-refractivity contribution in [2.75, 3.05) is 18.5 Å². The van der Waals surface area contributed by atoms with E-state index in [4.69, 9.17) is 16.3 Å². The highest BCUT2D eigenvalue weighted by Crippen LogP contribution is 2.13. The van der Waals surface area contributed by atoms with Gasteiger partial charge >= 0.3 is 0 Å². The molecule has 1 fully saturated rings. The summed E-state index contributed by atoms with van der Waals surface area (Å²) >= 11 is 5.89. The molecule has 132 valence electrons. The van der Waals surface area contributed by atoms with Gasteiger partial charge in [0.15, 0.2) is 0 Å². The van der Waals surface area contributed by atoms with Crippen LogP contribution in [0.2, 0.25) is 5.02 Å². The molecule has 2 heterocycles. The molecule has 3 rings (SSSR count). The SMILES string of the molecule is Cc1nc(NCc2ccc(Cl)cc2)cc(C(=O)NCC2CCCO2)n1. The molecule has 0 saturated carbocycles. The lowest BCUT2D eigenvalue weighted by Gasteiger charge is -2.12. The number of anilines is 1. The second-order valence-electron chi connectivity index (χ2n) is 6.01. The number of hydrogen-bond acceptors (Lipinski definition) is 5. The molecule has 1 aromatic heterocycles. The second kappa shape index (κ2) is 8.27. The molecule has 0 bridgehead atoms. The molecular weight excluding hydrogens is 340 g/mol. The van der Waals surface area contributed by atoms with Gasteiger partial charge in [0.05, 0.1) is 6.10 Å². The number of aromatic nitrogens is 2. The predicted molar refractivity (Wildman–Crippen MR) is 96.9 cm³/mol. The number of ether oxygens (including phenoxy) is 1. The van der Waals surface area contributed by atoms with Gasteiger partial charge in [0.1, 0.15) is 17.3 Å². The lowest BCUT2D eigenvalue weighted by Crippen LogP contribution is -2.32. The lowest BCUT2D eigenvalue weighted by molar-refractivity contribution is 0.0853. The molecule has 6 nitrogen and oxygen atoms in total. The van der Waals surface area contributed by atoms with Gasteiger partial charge in [-0.3, -0.25) is 4.79 Å². The Morgan fingerprint density at radius 2 is 2.12 bits per heavy atom. The molecule has 1 atom stereocenters. The highest BCUT2D eigenvalue weighted by Gasteiger charge is 2.17. The van der Waals surface area contributed by atoms with E-state index < -0.39 is 0 Å². The smallest absolute Gasteiger partial charge is 0.270 e. The molecular formula is C18H21ClN4O2. The minimum Gasteiger partial charge on any atom is -0.376 e. The Bertz CT molecular complexity index is 730. The molecule has 7 heteroatoms. The number of nitrogens with zero attached hydrogens (tertiary/aromatic N) is 2. The van der Waals surface area contributed by atoms with E-state index in [2.05, 4.69) is 20.6 Å². The summed E-state index contributed by atoms with van der Waals surface area (Å²) in [6.45, 7) is 3.64. The Hall–Kier alpha value is -2.18. The Balaban J connectivity index is 1.60. The fourth-order valence-electron chi connectivity index (χ4n) is 2.67. The van der Waals surface area contributed by atoms with Gasteiger partial charge in [-0.1, -0.05) is 23.7 Å². The van der Waals surface area contributed by atoms with Crippen molar-refractivity contribution in [3.8, 4) is 0 Å². The van der Waals surface area contributed by atoms with Crippen molar-refractivity contribution in [3.63, 3.8) is 0 Å². The van der Waals surface area contributed by atoms with E-state index in [9.17, 15) is 4.79 Å². The average molecular weight is 361 g/mol. The normalized spacial score (nSPS) is 16.6. The summed E-state index contributed by atoms with van der Waals surface area (Å²) in [7, 11) is 0. The van der Waals surface area contributed by atoms with Crippen LogP contribution in [-0.4, -0.2) is 35.1 Å². The van der Waals surface area contributed by atoms with Crippen LogP contribution in [-0.2, 0) is 11.3 Å². The first-order valence-corrected chi connectivity index (χ1v) is 8.72. The van der Waals surface area contributed by atoms with Gasteiger partial charge in [-0.25, -0.2) is 9.97 Å². The third-order valence-corrected chi connectivity index (χ3v) is 4.22. The Morgan fingerprint density at radius 3 is 2.84 bits per heavy atom. The van der Waals surface area contributed by atoms with Crippen LogP contribution in [0.25, 0.3) is 0 Å². The van der Waals surface area contributed by atoms with Crippen molar-refractivity contribution in [1.82, 2.24) is 15.3 Å². The molecule has 0 radical (unpaired) electrons. The summed E-state index contributed by atoms with van der Waals surface area (Å²) in [5.74, 6) is 0.948. The van der Waals surface area contributed by atoms with Crippen LogP contribution in [0.5, 0.6) is 0 Å². The maximum atomic E-state index is 12.3. The van der Waals surface area contributed by atoms with Gasteiger partial charge in [-0.2, -0.15) is 0 Å². The minimum absolute atomic E-state index is 0.106. The van der Waals surface area contributed by atoms with E-state index in [0.29, 0.717) is 35.4 Å². The molecule has 1 saturated heterocycles. The molecule has 2 aromatic rings. The van der Waals surface area contributed by atoms with Crippen molar-refractivity contribution >= 4 is 23.3 Å². The molecule has 1 aliphatic heterocycles. The number of benzene rings is 1. The first-order chi connectivity index (χ1) is 12.1. The Morgan fingerprint density at radius 1 is 1.32 bits per heavy atom. The molecule has 25 heavy (non-hydrogen) atoms. The molecule has 0 aliphatic carbocycles. The number of aryl methyl sites for hydroxylation is 1. The number of rotatable bonds is 6. The van der Waals surface area contributed by atoms with Gasteiger partial charge in [0.2, 0.25) is 0 Å². The van der Waals surface area contributed by atoms with E-state index in [-0.39, 0.29) is 12.0 Å². The van der Waals surface area contributed by atoms with Gasteiger partial charge in [-0.05, 0) is 37.5 Å². The summed E-state index contributed by atoms with van der Waals surface area (Å²) in [5, 5.41) is 6.79. The highest BCUT2D eigenvalue weighted by molar-refractivity contribution is 6.30.